The number of carbonyl (C=O) groups is 1. The highest BCUT2D eigenvalue weighted by atomic mass is 35.5. The predicted molar refractivity (Wildman–Crippen MR) is 168 cm³/mol. The number of ether oxygens (including phenoxy) is 2. The highest BCUT2D eigenvalue weighted by molar-refractivity contribution is 7.11. The number of benzene rings is 2. The highest BCUT2D eigenvalue weighted by Gasteiger charge is 2.39. The molecular formula is C33H29ClF4N4O4S. The van der Waals surface area contributed by atoms with Crippen molar-refractivity contribution in [2.75, 3.05) is 13.2 Å². The van der Waals surface area contributed by atoms with Gasteiger partial charge in [0.15, 0.2) is 11.6 Å². The number of rotatable bonds is 9. The molecule has 8 nitrogen and oxygen atoms in total. The highest BCUT2D eigenvalue weighted by Crippen LogP contribution is 2.41. The molecule has 14 heteroatoms. The molecule has 1 aliphatic heterocycles. The van der Waals surface area contributed by atoms with Gasteiger partial charge in [-0.25, -0.2) is 37.3 Å². The number of nitrogens with zero attached hydrogens (tertiary/aromatic N) is 4. The summed E-state index contributed by atoms with van der Waals surface area (Å²) in [5.74, 6) is -5.61. The molecule has 1 N–H and O–H groups in total. The van der Waals surface area contributed by atoms with Crippen molar-refractivity contribution in [3.05, 3.63) is 91.7 Å². The SMILES string of the molecule is Cc1cc(Cc2nc3c(F)cc(C(=O)O)cc3n2C2COCC2(C)C)c(Cl)cc1-c1ccc(F)c(OCc2ncc(C(C)(F)F)s2)n1. The molecule has 2 aromatic carbocycles. The van der Waals surface area contributed by atoms with E-state index in [1.807, 2.05) is 31.4 Å². The number of aryl methyl sites for hydroxylation is 1. The molecule has 1 saturated heterocycles. The van der Waals surface area contributed by atoms with Gasteiger partial charge in [-0.05, 0) is 48.4 Å². The number of halogens is 5. The van der Waals surface area contributed by atoms with Crippen molar-refractivity contribution in [2.45, 2.75) is 52.7 Å². The van der Waals surface area contributed by atoms with Crippen LogP contribution in [-0.4, -0.2) is 43.8 Å². The minimum absolute atomic E-state index is 0.0533. The smallest absolute Gasteiger partial charge is 0.335 e. The standard InChI is InChI=1S/C33H29ClF4N4O4S/c1-16-7-17(10-27-41-29-22(36)8-18(31(43)44)9-24(29)42(27)25-13-45-15-32(25,2)3)20(34)11-19(16)23-6-5-21(35)30(40-23)46-14-28-39-12-26(47-28)33(4,37)38/h5-9,11-12,25H,10,13-15H2,1-4H3,(H,43,44). The average molecular weight is 689 g/mol. The number of fused-ring (bicyclic) bond motifs is 1. The van der Waals surface area contributed by atoms with Crippen molar-refractivity contribution in [1.29, 1.82) is 0 Å². The number of aromatic carboxylic acids is 1. The van der Waals surface area contributed by atoms with Crippen LogP contribution in [0.5, 0.6) is 5.88 Å². The average Bonchev–Trinajstić information content (AvgIpc) is 3.71. The maximum atomic E-state index is 15.2. The number of aromatic nitrogens is 4. The summed E-state index contributed by atoms with van der Waals surface area (Å²) >= 11 is 7.57. The van der Waals surface area contributed by atoms with E-state index in [4.69, 9.17) is 21.1 Å². The minimum Gasteiger partial charge on any atom is -0.478 e. The van der Waals surface area contributed by atoms with E-state index in [1.54, 1.807) is 6.07 Å². The Kier molecular flexibility index (Phi) is 8.52. The number of pyridine rings is 1. The molecule has 246 valence electrons. The first-order valence-electron chi connectivity index (χ1n) is 14.6. The molecular weight excluding hydrogens is 660 g/mol. The second kappa shape index (κ2) is 12.2. The van der Waals surface area contributed by atoms with Gasteiger partial charge in [0, 0.05) is 35.5 Å². The molecule has 0 bridgehead atoms. The van der Waals surface area contributed by atoms with Gasteiger partial charge in [0.1, 0.15) is 23.0 Å². The van der Waals surface area contributed by atoms with E-state index in [0.717, 1.165) is 36.1 Å². The van der Waals surface area contributed by atoms with Crippen LogP contribution < -0.4 is 4.74 Å². The lowest BCUT2D eigenvalue weighted by Gasteiger charge is -2.28. The Morgan fingerprint density at radius 2 is 1.96 bits per heavy atom. The molecule has 47 heavy (non-hydrogen) atoms. The zero-order chi connectivity index (χ0) is 33.8. The van der Waals surface area contributed by atoms with Crippen LogP contribution in [0.2, 0.25) is 5.02 Å². The molecule has 1 fully saturated rings. The molecule has 0 saturated carbocycles. The molecule has 3 aromatic heterocycles. The molecule has 1 aliphatic rings. The molecule has 0 radical (unpaired) electrons. The van der Waals surface area contributed by atoms with Crippen molar-refractivity contribution >= 4 is 39.9 Å². The van der Waals surface area contributed by atoms with Crippen LogP contribution >= 0.6 is 22.9 Å². The van der Waals surface area contributed by atoms with Crippen LogP contribution in [0, 0.1) is 24.0 Å². The van der Waals surface area contributed by atoms with Crippen LogP contribution in [0.15, 0.2) is 42.6 Å². The molecule has 6 rings (SSSR count). The topological polar surface area (TPSA) is 99.4 Å². The van der Waals surface area contributed by atoms with E-state index in [0.29, 0.717) is 46.4 Å². The van der Waals surface area contributed by atoms with Crippen LogP contribution in [0.3, 0.4) is 0 Å². The molecule has 1 unspecified atom stereocenters. The number of hydrogen-bond acceptors (Lipinski definition) is 7. The van der Waals surface area contributed by atoms with Crippen LogP contribution in [0.1, 0.15) is 64.0 Å². The number of alkyl halides is 2. The fourth-order valence-corrected chi connectivity index (χ4v) is 6.68. The van der Waals surface area contributed by atoms with E-state index < -0.39 is 23.5 Å². The Bertz CT molecular complexity index is 2020. The summed E-state index contributed by atoms with van der Waals surface area (Å²) in [7, 11) is 0. The van der Waals surface area contributed by atoms with E-state index in [9.17, 15) is 23.1 Å². The van der Waals surface area contributed by atoms with Gasteiger partial charge in [0.25, 0.3) is 11.8 Å². The second-order valence-electron chi connectivity index (χ2n) is 12.3. The van der Waals surface area contributed by atoms with E-state index >= 15 is 4.39 Å². The number of hydrogen-bond donors (Lipinski definition) is 1. The van der Waals surface area contributed by atoms with Gasteiger partial charge in [0.2, 0.25) is 0 Å². The molecule has 1 atom stereocenters. The summed E-state index contributed by atoms with van der Waals surface area (Å²) in [6, 6.07) is 8.33. The molecule has 4 heterocycles. The van der Waals surface area contributed by atoms with E-state index in [-0.39, 0.29) is 51.3 Å². The van der Waals surface area contributed by atoms with E-state index in [2.05, 4.69) is 15.0 Å². The lowest BCUT2D eigenvalue weighted by Crippen LogP contribution is -2.27. The first kappa shape index (κ1) is 32.9. The summed E-state index contributed by atoms with van der Waals surface area (Å²) in [4.78, 5) is 24.4. The largest absolute Gasteiger partial charge is 0.478 e. The number of carboxylic acids is 1. The Labute approximate surface area is 276 Å². The van der Waals surface area contributed by atoms with Crippen molar-refractivity contribution in [2.24, 2.45) is 5.41 Å². The van der Waals surface area contributed by atoms with E-state index in [1.165, 1.54) is 18.2 Å². The Morgan fingerprint density at radius 1 is 1.19 bits per heavy atom. The fourth-order valence-electron chi connectivity index (χ4n) is 5.68. The molecule has 0 aliphatic carbocycles. The minimum atomic E-state index is -3.05. The number of carboxylic acid groups (broad SMARTS) is 1. The quantitative estimate of drug-likeness (QED) is 0.155. The molecule has 0 amide bonds. The summed E-state index contributed by atoms with van der Waals surface area (Å²) in [5, 5.41) is 10.2. The monoisotopic (exact) mass is 688 g/mol. The molecule has 5 aromatic rings. The van der Waals surface area contributed by atoms with Gasteiger partial charge in [-0.2, -0.15) is 0 Å². The van der Waals surface area contributed by atoms with Gasteiger partial charge < -0.3 is 19.1 Å². The lowest BCUT2D eigenvalue weighted by atomic mass is 9.87. The Balaban J connectivity index is 1.33. The van der Waals surface area contributed by atoms with Crippen molar-refractivity contribution in [1.82, 2.24) is 19.5 Å². The number of imidazole rings is 1. The summed E-state index contributed by atoms with van der Waals surface area (Å²) in [6.07, 6.45) is 1.26. The third kappa shape index (κ3) is 6.43. The molecule has 0 spiro atoms. The van der Waals surface area contributed by atoms with Crippen LogP contribution in [-0.2, 0) is 23.7 Å². The van der Waals surface area contributed by atoms with Gasteiger partial charge in [-0.3, -0.25) is 0 Å². The zero-order valence-corrected chi connectivity index (χ0v) is 27.3. The zero-order valence-electron chi connectivity index (χ0n) is 25.7. The Morgan fingerprint density at radius 3 is 2.62 bits per heavy atom. The number of thiazole rings is 1. The predicted octanol–water partition coefficient (Wildman–Crippen LogP) is 8.37. The van der Waals surface area contributed by atoms with Gasteiger partial charge >= 0.3 is 5.97 Å². The maximum Gasteiger partial charge on any atom is 0.335 e. The van der Waals surface area contributed by atoms with Gasteiger partial charge in [-0.1, -0.05) is 31.5 Å². The normalized spacial score (nSPS) is 16.2. The first-order chi connectivity index (χ1) is 22.1. The Hall–Kier alpha value is -4.07. The second-order valence-corrected chi connectivity index (χ2v) is 13.8. The van der Waals surface area contributed by atoms with Crippen molar-refractivity contribution in [3.63, 3.8) is 0 Å². The first-order valence-corrected chi connectivity index (χ1v) is 15.7. The maximum absolute atomic E-state index is 15.2. The fraction of sp³-hybridized carbons (Fsp3) is 0.333. The third-order valence-electron chi connectivity index (χ3n) is 8.18. The van der Waals surface area contributed by atoms with Gasteiger partial charge in [-0.15, -0.1) is 11.3 Å². The van der Waals surface area contributed by atoms with Crippen molar-refractivity contribution in [3.8, 4) is 17.1 Å². The summed E-state index contributed by atoms with van der Waals surface area (Å²) in [6.45, 7) is 7.20. The summed E-state index contributed by atoms with van der Waals surface area (Å²) < 4.78 is 70.2. The lowest BCUT2D eigenvalue weighted by molar-refractivity contribution is 0.0213. The van der Waals surface area contributed by atoms with Crippen LogP contribution in [0.25, 0.3) is 22.3 Å². The summed E-state index contributed by atoms with van der Waals surface area (Å²) in [5.41, 5.74) is 2.25. The van der Waals surface area contributed by atoms with Gasteiger partial charge in [0.05, 0.1) is 40.9 Å². The van der Waals surface area contributed by atoms with Crippen molar-refractivity contribution < 1.29 is 36.9 Å². The van der Waals surface area contributed by atoms with Crippen LogP contribution in [0.4, 0.5) is 17.6 Å². The third-order valence-corrected chi connectivity index (χ3v) is 9.68.